The summed E-state index contributed by atoms with van der Waals surface area (Å²) in [6, 6.07) is 72.5. The van der Waals surface area contributed by atoms with Gasteiger partial charge in [0.25, 0.3) is 10.3 Å². The maximum absolute atomic E-state index is 12.5. The number of benzene rings is 9. The molecule has 28 nitrogen and oxygen atoms in total. The highest BCUT2D eigenvalue weighted by Gasteiger charge is 2.43. The minimum absolute atomic E-state index is 0.00727. The van der Waals surface area contributed by atoms with Gasteiger partial charge in [-0.05, 0) is 132 Å². The van der Waals surface area contributed by atoms with Crippen molar-refractivity contribution >= 4 is 161 Å². The molecular weight excluding hydrogens is 1760 g/mol. The van der Waals surface area contributed by atoms with E-state index in [4.69, 9.17) is 167 Å². The highest BCUT2D eigenvalue weighted by molar-refractivity contribution is 7.86. The molecule has 5 atom stereocenters. The van der Waals surface area contributed by atoms with Crippen molar-refractivity contribution in [3.63, 3.8) is 0 Å². The van der Waals surface area contributed by atoms with Crippen molar-refractivity contribution in [1.29, 1.82) is 0 Å². The Hall–Kier alpha value is -13.2. The molecule has 15 rings (SSSR count). The second kappa shape index (κ2) is 42.2. The third kappa shape index (κ3) is 24.8. The standard InChI is InChI=1S/C18H15ClN2O3S.C18H14ClNO5.C17H13ClN2O3S.C17H12ClNO5.C15H12ClNO5S2/c19-13-8-6-12(7-9-13)15-14(22)16(17(20)23-15)24-18(25)21-10-11-4-2-1-3-5-11;19-13-8-6-12(7-9-13)15-14(21)16(17(20)24-15)25-18(22)23-10-11-4-2-1-3-5-11;18-11-8-6-10(7-9-11)14-13(21)15(16(19)22-14)23-17(24)20-12-4-2-1-3-5-12;18-11-8-6-10(7-9-11)14-13(20)15(16(19)23-14)24-17(21)22-12-4-2-1-3-5-12;16-10-5-3-9(4-6-10)13-12(18)14(15(17)21-13)22-24(19,20)8-11-2-1-7-23-11/h1-9,15H,10,20H2,(H,21,25);1-9,15H,10,20H2;1-9,14H,19H2,(H,20,24);1-9,14H,19H2;1-7,13H,8,17H2. The number of carbonyl (C=O) groups is 7. The molecule has 122 heavy (non-hydrogen) atoms. The molecule has 10 aromatic rings. The van der Waals surface area contributed by atoms with Gasteiger partial charge in [-0.2, -0.15) is 8.42 Å². The van der Waals surface area contributed by atoms with E-state index in [-0.39, 0.29) is 86.7 Å². The van der Waals surface area contributed by atoms with Gasteiger partial charge in [0.1, 0.15) is 18.1 Å². The van der Waals surface area contributed by atoms with E-state index in [2.05, 4.69) is 10.6 Å². The summed E-state index contributed by atoms with van der Waals surface area (Å²) in [4.78, 5) is 86.3. The van der Waals surface area contributed by atoms with E-state index in [1.54, 1.807) is 181 Å². The number of carbonyl (C=O) groups excluding carboxylic acids is 7. The van der Waals surface area contributed by atoms with Crippen LogP contribution in [0.5, 0.6) is 5.75 Å². The fourth-order valence-electron chi connectivity index (χ4n) is 11.0. The molecule has 0 spiro atoms. The van der Waals surface area contributed by atoms with E-state index < -0.39 is 81.8 Å². The summed E-state index contributed by atoms with van der Waals surface area (Å²) >= 11 is 40.6. The van der Waals surface area contributed by atoms with Crippen LogP contribution in [0.1, 0.15) is 74.3 Å². The fraction of sp³-hybridized carbons (Fsp3) is 0.0941. The smallest absolute Gasteiger partial charge is 0.460 e. The SMILES string of the molecule is NC1=C(OC(=O)OCc2ccccc2)C(=O)C(c2ccc(Cl)cc2)O1.NC1=C(OC(=O)Oc2ccccc2)C(=O)C(c2ccc(Cl)cc2)O1.NC1=C(OC(=S)NCc2ccccc2)C(=O)C(c2ccc(Cl)cc2)O1.NC1=C(OC(=S)Nc2ccccc2)C(=O)C(c2ccc(Cl)cc2)O1.NC1=C(OS(=O)(=O)Cc2cccs2)C(=O)C(c2ccc(Cl)cc2)O1. The number of rotatable bonds is 19. The highest BCUT2D eigenvalue weighted by atomic mass is 35.5. The molecule has 6 heterocycles. The zero-order valence-electron chi connectivity index (χ0n) is 62.8. The van der Waals surface area contributed by atoms with Crippen molar-refractivity contribution in [3.05, 3.63) is 387 Å². The number of para-hydroxylation sites is 2. The molecule has 0 fully saturated rings. The number of ether oxygens (including phenoxy) is 11. The first-order chi connectivity index (χ1) is 58.5. The molecule has 5 unspecified atom stereocenters. The zero-order chi connectivity index (χ0) is 87.2. The lowest BCUT2D eigenvalue weighted by Crippen LogP contribution is -2.25. The predicted octanol–water partition coefficient (Wildman–Crippen LogP) is 16.2. The summed E-state index contributed by atoms with van der Waals surface area (Å²) in [6.45, 7) is 0.491. The van der Waals surface area contributed by atoms with Crippen LogP contribution in [0.4, 0.5) is 15.3 Å². The van der Waals surface area contributed by atoms with Gasteiger partial charge in [0, 0.05) is 70.0 Å². The van der Waals surface area contributed by atoms with Gasteiger partial charge in [-0.3, -0.25) is 24.0 Å². The number of ketones is 5. The van der Waals surface area contributed by atoms with Crippen molar-refractivity contribution in [2.24, 2.45) is 28.7 Å². The van der Waals surface area contributed by atoms with E-state index in [9.17, 15) is 42.0 Å². The van der Waals surface area contributed by atoms with Crippen LogP contribution in [0.25, 0.3) is 0 Å². The van der Waals surface area contributed by atoms with Gasteiger partial charge in [-0.1, -0.05) is 222 Å². The van der Waals surface area contributed by atoms with Gasteiger partial charge in [0.05, 0.1) is 0 Å². The van der Waals surface area contributed by atoms with Crippen molar-refractivity contribution < 1.29 is 98.3 Å². The molecule has 0 amide bonds. The molecule has 0 bridgehead atoms. The van der Waals surface area contributed by atoms with Crippen molar-refractivity contribution in [3.8, 4) is 5.75 Å². The van der Waals surface area contributed by atoms with E-state index in [0.717, 1.165) is 16.8 Å². The van der Waals surface area contributed by atoms with Gasteiger partial charge >= 0.3 is 22.4 Å². The number of halogens is 5. The molecule has 37 heteroatoms. The molecule has 0 saturated carbocycles. The maximum Gasteiger partial charge on any atom is 0.519 e. The first-order valence-electron chi connectivity index (χ1n) is 35.6. The minimum atomic E-state index is -4.02. The quantitative estimate of drug-likeness (QED) is 0.0171. The molecule has 0 saturated heterocycles. The largest absolute Gasteiger partial charge is 0.519 e. The average Bonchev–Trinajstić information content (AvgIpc) is 1.73. The van der Waals surface area contributed by atoms with Crippen LogP contribution in [-0.4, -0.2) is 60.0 Å². The van der Waals surface area contributed by atoms with Crippen molar-refractivity contribution in [1.82, 2.24) is 5.32 Å². The Balaban J connectivity index is 0.000000149. The Kier molecular flexibility index (Phi) is 31.0. The van der Waals surface area contributed by atoms with Crippen LogP contribution in [0.15, 0.2) is 318 Å². The fourth-order valence-corrected chi connectivity index (χ4v) is 14.1. The zero-order valence-corrected chi connectivity index (χ0v) is 69.9. The third-order valence-corrected chi connectivity index (χ3v) is 20.6. The summed E-state index contributed by atoms with van der Waals surface area (Å²) in [7, 11) is -4.02. The molecule has 12 N–H and O–H groups in total. The van der Waals surface area contributed by atoms with Gasteiger partial charge in [0.2, 0.25) is 87.1 Å². The third-order valence-electron chi connectivity index (χ3n) is 16.8. The van der Waals surface area contributed by atoms with Crippen LogP contribution < -0.4 is 44.0 Å². The lowest BCUT2D eigenvalue weighted by Gasteiger charge is -2.10. The van der Waals surface area contributed by atoms with Crippen LogP contribution in [-0.2, 0) is 105 Å². The number of thiocarbonyl (C=S) groups is 2. The highest BCUT2D eigenvalue weighted by Crippen LogP contribution is 2.38. The second-order valence-corrected chi connectivity index (χ2v) is 30.9. The number of anilines is 1. The monoisotopic (exact) mass is 1820 g/mol. The molecule has 0 radical (unpaired) electrons. The number of hydrogen-bond donors (Lipinski definition) is 7. The molecule has 5 aliphatic rings. The van der Waals surface area contributed by atoms with Gasteiger partial charge in [-0.25, -0.2) is 9.59 Å². The summed E-state index contributed by atoms with van der Waals surface area (Å²) in [5, 5.41) is 10.3. The van der Waals surface area contributed by atoms with Crippen LogP contribution in [0.3, 0.4) is 0 Å². The average molecular weight is 1830 g/mol. The number of Topliss-reactive ketones (excluding diaryl/α,β-unsaturated/α-hetero) is 5. The van der Waals surface area contributed by atoms with Gasteiger partial charge in [0.15, 0.2) is 30.5 Å². The summed E-state index contributed by atoms with van der Waals surface area (Å²) in [5.41, 5.74) is 33.9. The van der Waals surface area contributed by atoms with Gasteiger partial charge in [-0.15, -0.1) is 11.3 Å². The summed E-state index contributed by atoms with van der Waals surface area (Å²) in [5.74, 6) is -5.14. The maximum atomic E-state index is 12.5. The second-order valence-electron chi connectivity index (χ2n) is 25.4. The Labute approximate surface area is 735 Å². The Bertz CT molecular complexity index is 5510. The normalized spacial score (nSPS) is 16.9. The van der Waals surface area contributed by atoms with Gasteiger partial charge < -0.3 is 95.6 Å². The Morgan fingerprint density at radius 3 is 1.07 bits per heavy atom. The van der Waals surface area contributed by atoms with Crippen LogP contribution in [0, 0.1) is 0 Å². The van der Waals surface area contributed by atoms with E-state index in [0.29, 0.717) is 64.4 Å². The lowest BCUT2D eigenvalue weighted by atomic mass is 10.1. The first kappa shape index (κ1) is 89.6. The number of nitrogens with two attached hydrogens (primary N) is 5. The minimum Gasteiger partial charge on any atom is -0.460 e. The molecule has 626 valence electrons. The Morgan fingerprint density at radius 2 is 0.697 bits per heavy atom. The number of nitrogens with one attached hydrogen (secondary N) is 2. The summed E-state index contributed by atoms with van der Waals surface area (Å²) < 4.78 is 86.4. The number of thiophene rings is 1. The van der Waals surface area contributed by atoms with Crippen LogP contribution in [0.2, 0.25) is 25.1 Å². The first-order valence-corrected chi connectivity index (χ1v) is 40.8. The Morgan fingerprint density at radius 1 is 0.377 bits per heavy atom. The molecular formula is C85H66Cl5N7O21S4. The molecule has 1 aromatic heterocycles. The topological polar surface area (TPSA) is 419 Å². The van der Waals surface area contributed by atoms with Crippen molar-refractivity contribution in [2.45, 2.75) is 49.4 Å². The molecule has 5 aliphatic heterocycles. The van der Waals surface area contributed by atoms with E-state index >= 15 is 0 Å². The van der Waals surface area contributed by atoms with E-state index in [1.165, 1.54) is 11.3 Å². The molecule has 0 aliphatic carbocycles. The van der Waals surface area contributed by atoms with E-state index in [1.807, 2.05) is 78.9 Å². The lowest BCUT2D eigenvalue weighted by molar-refractivity contribution is -0.124. The summed E-state index contributed by atoms with van der Waals surface area (Å²) in [6.07, 6.45) is -6.84. The number of hydrogen-bond acceptors (Lipinski definition) is 29. The van der Waals surface area contributed by atoms with Crippen molar-refractivity contribution in [2.75, 3.05) is 5.32 Å². The predicted molar refractivity (Wildman–Crippen MR) is 457 cm³/mol. The van der Waals surface area contributed by atoms with Crippen LogP contribution >= 0.6 is 93.8 Å². The molecule has 9 aromatic carbocycles.